The minimum absolute atomic E-state index is 0.0464. The monoisotopic (exact) mass is 406 g/mol. The summed E-state index contributed by atoms with van der Waals surface area (Å²) in [6.07, 6.45) is 0.896. The van der Waals surface area contributed by atoms with Gasteiger partial charge in [-0.05, 0) is 29.3 Å². The lowest BCUT2D eigenvalue weighted by Gasteiger charge is -2.28. The number of para-hydroxylation sites is 1. The standard InChI is InChI=1S/C23H18O5S/c24-13-20-19-3-1-2-4-21(19)28-23(22(20)16-9-11-18(25)12-10-16)17-7-5-15(6-8-17)14-29(26)27/h1-13,20,25H,14H2,(H,26,27). The fraction of sp³-hybridized carbons (Fsp3) is 0.0870. The van der Waals surface area contributed by atoms with E-state index in [1.54, 1.807) is 36.4 Å². The molecule has 0 saturated carbocycles. The van der Waals surface area contributed by atoms with Gasteiger partial charge in [-0.3, -0.25) is 0 Å². The summed E-state index contributed by atoms with van der Waals surface area (Å²) in [7, 11) is 0. The van der Waals surface area contributed by atoms with Gasteiger partial charge < -0.3 is 19.2 Å². The van der Waals surface area contributed by atoms with Crippen LogP contribution in [0, 0.1) is 0 Å². The van der Waals surface area contributed by atoms with Crippen molar-refractivity contribution in [2.24, 2.45) is 0 Å². The summed E-state index contributed by atoms with van der Waals surface area (Å²) in [5, 5.41) is 9.66. The van der Waals surface area contributed by atoms with Gasteiger partial charge in [-0.2, -0.15) is 0 Å². The van der Waals surface area contributed by atoms with E-state index in [-0.39, 0.29) is 11.5 Å². The molecule has 0 amide bonds. The molecule has 6 heteroatoms. The number of ether oxygens (including phenoxy) is 1. The van der Waals surface area contributed by atoms with Crippen LogP contribution >= 0.6 is 0 Å². The van der Waals surface area contributed by atoms with Crippen molar-refractivity contribution in [1.82, 2.24) is 0 Å². The lowest BCUT2D eigenvalue weighted by atomic mass is 9.83. The van der Waals surface area contributed by atoms with Crippen LogP contribution in [0.5, 0.6) is 11.5 Å². The van der Waals surface area contributed by atoms with E-state index < -0.39 is 17.0 Å². The van der Waals surface area contributed by atoms with Crippen molar-refractivity contribution in [3.8, 4) is 11.5 Å². The molecule has 0 spiro atoms. The summed E-state index contributed by atoms with van der Waals surface area (Å²) >= 11 is -1.92. The first-order chi connectivity index (χ1) is 14.1. The van der Waals surface area contributed by atoms with E-state index >= 15 is 0 Å². The first kappa shape index (κ1) is 19.1. The average molecular weight is 406 g/mol. The Bertz CT molecular complexity index is 1100. The minimum Gasteiger partial charge on any atom is -0.508 e. The number of phenolic OH excluding ortho intramolecular Hbond substituents is 1. The Morgan fingerprint density at radius 3 is 2.24 bits per heavy atom. The maximum Gasteiger partial charge on any atom is 0.157 e. The van der Waals surface area contributed by atoms with Crippen LogP contribution in [-0.4, -0.2) is 20.2 Å². The Morgan fingerprint density at radius 2 is 1.59 bits per heavy atom. The number of aromatic hydroxyl groups is 1. The predicted octanol–water partition coefficient (Wildman–Crippen LogP) is 4.36. The maximum absolute atomic E-state index is 12.1. The fourth-order valence-electron chi connectivity index (χ4n) is 3.49. The van der Waals surface area contributed by atoms with Gasteiger partial charge in [0.05, 0.1) is 11.7 Å². The zero-order valence-electron chi connectivity index (χ0n) is 15.3. The number of aldehydes is 1. The van der Waals surface area contributed by atoms with E-state index in [0.29, 0.717) is 17.1 Å². The van der Waals surface area contributed by atoms with Crippen molar-refractivity contribution < 1.29 is 23.4 Å². The highest BCUT2D eigenvalue weighted by atomic mass is 32.2. The third-order valence-corrected chi connectivity index (χ3v) is 5.42. The molecule has 1 aliphatic rings. The van der Waals surface area contributed by atoms with Gasteiger partial charge in [-0.1, -0.05) is 54.6 Å². The Balaban J connectivity index is 1.88. The van der Waals surface area contributed by atoms with Crippen molar-refractivity contribution >= 4 is 28.7 Å². The van der Waals surface area contributed by atoms with Crippen molar-refractivity contribution in [2.75, 3.05) is 0 Å². The van der Waals surface area contributed by atoms with E-state index in [0.717, 1.165) is 28.5 Å². The molecular weight excluding hydrogens is 388 g/mol. The van der Waals surface area contributed by atoms with Crippen molar-refractivity contribution in [1.29, 1.82) is 0 Å². The summed E-state index contributed by atoms with van der Waals surface area (Å²) in [5.41, 5.74) is 3.73. The van der Waals surface area contributed by atoms with Gasteiger partial charge in [0.15, 0.2) is 11.1 Å². The quantitative estimate of drug-likeness (QED) is 0.486. The summed E-state index contributed by atoms with van der Waals surface area (Å²) in [6.45, 7) is 0. The van der Waals surface area contributed by atoms with Crippen LogP contribution in [0.15, 0.2) is 72.8 Å². The van der Waals surface area contributed by atoms with E-state index in [1.807, 2.05) is 36.4 Å². The molecule has 0 radical (unpaired) electrons. The second-order valence-electron chi connectivity index (χ2n) is 6.71. The molecule has 4 rings (SSSR count). The molecule has 1 aliphatic heterocycles. The number of carbonyl (C=O) groups is 1. The Morgan fingerprint density at radius 1 is 0.931 bits per heavy atom. The van der Waals surface area contributed by atoms with Crippen molar-refractivity contribution in [3.63, 3.8) is 0 Å². The van der Waals surface area contributed by atoms with Crippen LogP contribution in [0.3, 0.4) is 0 Å². The zero-order valence-corrected chi connectivity index (χ0v) is 16.1. The van der Waals surface area contributed by atoms with E-state index in [4.69, 9.17) is 9.29 Å². The summed E-state index contributed by atoms with van der Waals surface area (Å²) in [6, 6.07) is 21.2. The zero-order chi connectivity index (χ0) is 20.4. The molecular formula is C23H18O5S. The lowest BCUT2D eigenvalue weighted by Crippen LogP contribution is -2.15. The van der Waals surface area contributed by atoms with Crippen molar-refractivity contribution in [3.05, 3.63) is 95.1 Å². The molecule has 2 N–H and O–H groups in total. The van der Waals surface area contributed by atoms with Crippen molar-refractivity contribution in [2.45, 2.75) is 11.7 Å². The van der Waals surface area contributed by atoms with Crippen LogP contribution in [-0.2, 0) is 21.6 Å². The number of carbonyl (C=O) groups excluding carboxylic acids is 1. The second kappa shape index (κ2) is 8.03. The highest BCUT2D eigenvalue weighted by molar-refractivity contribution is 7.78. The molecule has 0 fully saturated rings. The Hall–Kier alpha value is -3.22. The number of hydrogen-bond acceptors (Lipinski definition) is 4. The number of fused-ring (bicyclic) bond motifs is 1. The lowest BCUT2D eigenvalue weighted by molar-refractivity contribution is -0.108. The SMILES string of the molecule is O=CC1C(c2ccc(O)cc2)=C(c2ccc(CS(=O)O)cc2)Oc2ccccc21. The average Bonchev–Trinajstić information content (AvgIpc) is 2.73. The van der Waals surface area contributed by atoms with Crippen LogP contribution in [0.4, 0.5) is 0 Å². The van der Waals surface area contributed by atoms with E-state index in [1.165, 1.54) is 0 Å². The Kier molecular flexibility index (Phi) is 5.29. The molecule has 3 aromatic carbocycles. The van der Waals surface area contributed by atoms with Gasteiger partial charge in [-0.15, -0.1) is 0 Å². The van der Waals surface area contributed by atoms with Crippen LogP contribution in [0.2, 0.25) is 0 Å². The Labute approximate surface area is 170 Å². The van der Waals surface area contributed by atoms with Gasteiger partial charge in [0.25, 0.3) is 0 Å². The normalized spacial score (nSPS) is 16.7. The topological polar surface area (TPSA) is 83.8 Å². The molecule has 0 saturated heterocycles. The molecule has 2 atom stereocenters. The minimum atomic E-state index is -1.92. The molecule has 2 unspecified atom stereocenters. The van der Waals surface area contributed by atoms with Gasteiger partial charge in [0.1, 0.15) is 23.5 Å². The first-order valence-electron chi connectivity index (χ1n) is 8.99. The maximum atomic E-state index is 12.1. The third-order valence-electron chi connectivity index (χ3n) is 4.84. The number of allylic oxidation sites excluding steroid dienone is 1. The number of benzene rings is 3. The molecule has 0 aromatic heterocycles. The van der Waals surface area contributed by atoms with Crippen LogP contribution < -0.4 is 4.74 Å². The van der Waals surface area contributed by atoms with E-state index in [9.17, 15) is 14.1 Å². The van der Waals surface area contributed by atoms with Gasteiger partial charge >= 0.3 is 0 Å². The largest absolute Gasteiger partial charge is 0.508 e. The predicted molar refractivity (Wildman–Crippen MR) is 112 cm³/mol. The summed E-state index contributed by atoms with van der Waals surface area (Å²) in [4.78, 5) is 12.1. The molecule has 3 aromatic rings. The van der Waals surface area contributed by atoms with Crippen LogP contribution in [0.1, 0.15) is 28.2 Å². The highest BCUT2D eigenvalue weighted by Gasteiger charge is 2.31. The third kappa shape index (κ3) is 3.85. The molecule has 0 aliphatic carbocycles. The number of phenols is 1. The molecule has 5 nitrogen and oxygen atoms in total. The second-order valence-corrected chi connectivity index (χ2v) is 7.64. The van der Waals surface area contributed by atoms with Gasteiger partial charge in [-0.25, -0.2) is 4.21 Å². The van der Waals surface area contributed by atoms with E-state index in [2.05, 4.69) is 0 Å². The van der Waals surface area contributed by atoms with Crippen LogP contribution in [0.25, 0.3) is 11.3 Å². The van der Waals surface area contributed by atoms with Gasteiger partial charge in [0, 0.05) is 16.7 Å². The first-order valence-corrected chi connectivity index (χ1v) is 10.3. The molecule has 146 valence electrons. The summed E-state index contributed by atoms with van der Waals surface area (Å²) < 4.78 is 26.4. The molecule has 0 bridgehead atoms. The number of hydrogen-bond donors (Lipinski definition) is 2. The fourth-order valence-corrected chi connectivity index (χ4v) is 3.97. The highest BCUT2D eigenvalue weighted by Crippen LogP contribution is 2.46. The molecule has 1 heterocycles. The van der Waals surface area contributed by atoms with Gasteiger partial charge in [0.2, 0.25) is 0 Å². The number of rotatable bonds is 5. The molecule has 29 heavy (non-hydrogen) atoms. The smallest absolute Gasteiger partial charge is 0.157 e. The summed E-state index contributed by atoms with van der Waals surface area (Å²) in [5.74, 6) is 0.817.